The summed E-state index contributed by atoms with van der Waals surface area (Å²) in [5.74, 6) is -0.705. The molecule has 6 nitrogen and oxygen atoms in total. The van der Waals surface area contributed by atoms with Gasteiger partial charge in [-0.05, 0) is 56.4 Å². The molecule has 1 aliphatic heterocycles. The summed E-state index contributed by atoms with van der Waals surface area (Å²) in [6, 6.07) is 5.20. The van der Waals surface area contributed by atoms with E-state index in [1.165, 1.54) is 24.3 Å². The largest absolute Gasteiger partial charge is 0.351 e. The first kappa shape index (κ1) is 24.2. The van der Waals surface area contributed by atoms with E-state index in [1.54, 1.807) is 0 Å². The zero-order chi connectivity index (χ0) is 22.9. The molecular formula is C25H36FN3O3. The number of nitrogens with one attached hydrogen (secondary N) is 2. The average Bonchev–Trinajstić information content (AvgIpc) is 2.81. The monoisotopic (exact) mass is 445 g/mol. The molecule has 1 saturated carbocycles. The highest BCUT2D eigenvalue weighted by Gasteiger charge is 2.33. The zero-order valence-electron chi connectivity index (χ0n) is 19.1. The molecule has 1 aromatic carbocycles. The molecule has 0 aromatic heterocycles. The summed E-state index contributed by atoms with van der Waals surface area (Å²) in [5.41, 5.74) is 0.409. The fraction of sp³-hybridized carbons (Fsp3) is 0.640. The van der Waals surface area contributed by atoms with Crippen molar-refractivity contribution in [3.63, 3.8) is 0 Å². The Morgan fingerprint density at radius 3 is 2.34 bits per heavy atom. The van der Waals surface area contributed by atoms with E-state index in [1.807, 2.05) is 4.90 Å². The molecule has 3 amide bonds. The second-order valence-electron chi connectivity index (χ2n) is 9.12. The Labute approximate surface area is 190 Å². The third-order valence-corrected chi connectivity index (χ3v) is 6.66. The molecule has 7 heteroatoms. The second-order valence-corrected chi connectivity index (χ2v) is 9.12. The predicted octanol–water partition coefficient (Wildman–Crippen LogP) is 3.80. The number of carbonyl (C=O) groups is 3. The molecular weight excluding hydrogens is 409 g/mol. The third kappa shape index (κ3) is 6.78. The fourth-order valence-corrected chi connectivity index (χ4v) is 4.73. The molecule has 32 heavy (non-hydrogen) atoms. The summed E-state index contributed by atoms with van der Waals surface area (Å²) in [6.07, 6.45) is 8.82. The fourth-order valence-electron chi connectivity index (χ4n) is 4.73. The van der Waals surface area contributed by atoms with E-state index in [9.17, 15) is 18.8 Å². The number of amides is 3. The van der Waals surface area contributed by atoms with Gasteiger partial charge in [-0.15, -0.1) is 0 Å². The van der Waals surface area contributed by atoms with Gasteiger partial charge in [-0.3, -0.25) is 14.4 Å². The summed E-state index contributed by atoms with van der Waals surface area (Å²) in [7, 11) is 0. The van der Waals surface area contributed by atoms with Crippen LogP contribution in [0.3, 0.4) is 0 Å². The summed E-state index contributed by atoms with van der Waals surface area (Å²) in [6.45, 7) is 3.33. The standard InChI is InChI=1S/C25H36FN3O3/c1-2-3-4-11-23(30)29-16-7-8-19(17-29)25(32)28-22-10-6-5-9-21(22)27-24(31)18-12-14-20(26)15-13-18/h12-15,19,21-22H,2-11,16-17H2,1H3,(H,27,31)(H,28,32)/t19?,21-,22-/m1/s1. The number of nitrogens with zero attached hydrogens (tertiary/aromatic N) is 1. The number of unbranched alkanes of at least 4 members (excludes halogenated alkanes) is 2. The topological polar surface area (TPSA) is 78.5 Å². The minimum absolute atomic E-state index is 0.0241. The summed E-state index contributed by atoms with van der Waals surface area (Å²) < 4.78 is 13.1. The van der Waals surface area contributed by atoms with Crippen LogP contribution in [0.4, 0.5) is 4.39 Å². The van der Waals surface area contributed by atoms with Gasteiger partial charge < -0.3 is 15.5 Å². The van der Waals surface area contributed by atoms with Crippen LogP contribution in [-0.4, -0.2) is 47.8 Å². The van der Waals surface area contributed by atoms with Crippen LogP contribution in [-0.2, 0) is 9.59 Å². The molecule has 176 valence electrons. The molecule has 2 fully saturated rings. The van der Waals surface area contributed by atoms with E-state index >= 15 is 0 Å². The van der Waals surface area contributed by atoms with Gasteiger partial charge in [-0.25, -0.2) is 4.39 Å². The number of rotatable bonds is 8. The van der Waals surface area contributed by atoms with Crippen LogP contribution in [0.25, 0.3) is 0 Å². The van der Waals surface area contributed by atoms with Crippen LogP contribution in [0.5, 0.6) is 0 Å². The van der Waals surface area contributed by atoms with Crippen molar-refractivity contribution in [2.45, 2.75) is 83.2 Å². The molecule has 1 unspecified atom stereocenters. The van der Waals surface area contributed by atoms with Crippen LogP contribution in [0.2, 0.25) is 0 Å². The van der Waals surface area contributed by atoms with Crippen molar-refractivity contribution in [2.75, 3.05) is 13.1 Å². The van der Waals surface area contributed by atoms with Crippen molar-refractivity contribution >= 4 is 17.7 Å². The van der Waals surface area contributed by atoms with Gasteiger partial charge in [0.2, 0.25) is 11.8 Å². The zero-order valence-corrected chi connectivity index (χ0v) is 19.1. The van der Waals surface area contributed by atoms with Gasteiger partial charge in [0, 0.05) is 37.2 Å². The minimum atomic E-state index is -0.380. The van der Waals surface area contributed by atoms with E-state index in [4.69, 9.17) is 0 Å². The van der Waals surface area contributed by atoms with Gasteiger partial charge in [0.15, 0.2) is 0 Å². The number of hydrogen-bond donors (Lipinski definition) is 2. The van der Waals surface area contributed by atoms with E-state index in [0.29, 0.717) is 18.5 Å². The first-order chi connectivity index (χ1) is 15.5. The Hall–Kier alpha value is -2.44. The molecule has 1 aromatic rings. The summed E-state index contributed by atoms with van der Waals surface area (Å²) in [5, 5.41) is 6.19. The maximum atomic E-state index is 13.1. The van der Waals surface area contributed by atoms with Crippen molar-refractivity contribution in [3.8, 4) is 0 Å². The van der Waals surface area contributed by atoms with Gasteiger partial charge in [-0.2, -0.15) is 0 Å². The van der Waals surface area contributed by atoms with Crippen molar-refractivity contribution in [3.05, 3.63) is 35.6 Å². The highest BCUT2D eigenvalue weighted by atomic mass is 19.1. The number of carbonyl (C=O) groups excluding carboxylic acids is 3. The van der Waals surface area contributed by atoms with Crippen molar-refractivity contribution in [2.24, 2.45) is 5.92 Å². The minimum Gasteiger partial charge on any atom is -0.351 e. The van der Waals surface area contributed by atoms with E-state index in [0.717, 1.165) is 64.3 Å². The highest BCUT2D eigenvalue weighted by molar-refractivity contribution is 5.94. The molecule has 3 atom stereocenters. The molecule has 1 saturated heterocycles. The Balaban J connectivity index is 1.54. The Morgan fingerprint density at radius 1 is 0.969 bits per heavy atom. The van der Waals surface area contributed by atoms with E-state index in [2.05, 4.69) is 17.6 Å². The summed E-state index contributed by atoms with van der Waals surface area (Å²) >= 11 is 0. The lowest BCUT2D eigenvalue weighted by Crippen LogP contribution is -2.55. The van der Waals surface area contributed by atoms with E-state index < -0.39 is 0 Å². The van der Waals surface area contributed by atoms with Crippen molar-refractivity contribution in [1.29, 1.82) is 0 Å². The quantitative estimate of drug-likeness (QED) is 0.598. The van der Waals surface area contributed by atoms with Gasteiger partial charge in [0.05, 0.1) is 5.92 Å². The van der Waals surface area contributed by atoms with Gasteiger partial charge in [0.25, 0.3) is 5.91 Å². The van der Waals surface area contributed by atoms with Crippen LogP contribution in [0, 0.1) is 11.7 Å². The number of likely N-dealkylation sites (tertiary alicyclic amines) is 1. The first-order valence-corrected chi connectivity index (χ1v) is 12.1. The molecule has 1 heterocycles. The molecule has 3 rings (SSSR count). The van der Waals surface area contributed by atoms with Gasteiger partial charge in [-0.1, -0.05) is 32.6 Å². The molecule has 2 N–H and O–H groups in total. The Kier molecular flexibility index (Phi) is 9.06. The van der Waals surface area contributed by atoms with Gasteiger partial charge >= 0.3 is 0 Å². The van der Waals surface area contributed by atoms with Crippen LogP contribution in [0.15, 0.2) is 24.3 Å². The molecule has 0 radical (unpaired) electrons. The molecule has 0 spiro atoms. The van der Waals surface area contributed by atoms with Crippen LogP contribution >= 0.6 is 0 Å². The molecule has 2 aliphatic rings. The lowest BCUT2D eigenvalue weighted by Gasteiger charge is -2.36. The maximum absolute atomic E-state index is 13.1. The van der Waals surface area contributed by atoms with Gasteiger partial charge in [0.1, 0.15) is 5.82 Å². The van der Waals surface area contributed by atoms with Crippen LogP contribution in [0.1, 0.15) is 81.5 Å². The Morgan fingerprint density at radius 2 is 1.66 bits per heavy atom. The normalized spacial score (nSPS) is 23.4. The number of halogens is 1. The van der Waals surface area contributed by atoms with Crippen molar-refractivity contribution in [1.82, 2.24) is 15.5 Å². The third-order valence-electron chi connectivity index (χ3n) is 6.66. The maximum Gasteiger partial charge on any atom is 0.251 e. The average molecular weight is 446 g/mol. The van der Waals surface area contributed by atoms with Crippen LogP contribution < -0.4 is 10.6 Å². The number of hydrogen-bond acceptors (Lipinski definition) is 3. The lowest BCUT2D eigenvalue weighted by atomic mass is 9.88. The first-order valence-electron chi connectivity index (χ1n) is 12.1. The number of piperidine rings is 1. The highest BCUT2D eigenvalue weighted by Crippen LogP contribution is 2.22. The number of benzene rings is 1. The Bertz CT molecular complexity index is 783. The van der Waals surface area contributed by atoms with Crippen molar-refractivity contribution < 1.29 is 18.8 Å². The predicted molar refractivity (Wildman–Crippen MR) is 121 cm³/mol. The lowest BCUT2D eigenvalue weighted by molar-refractivity contribution is -0.136. The molecule has 0 bridgehead atoms. The second kappa shape index (κ2) is 12.0. The molecule has 1 aliphatic carbocycles. The van der Waals surface area contributed by atoms with E-state index in [-0.39, 0.29) is 41.5 Å². The summed E-state index contributed by atoms with van der Waals surface area (Å²) in [4.78, 5) is 40.0. The smallest absolute Gasteiger partial charge is 0.251 e. The SMILES string of the molecule is CCCCCC(=O)N1CCCC(C(=O)N[C@@H]2CCCC[C@H]2NC(=O)c2ccc(F)cc2)C1.